The van der Waals surface area contributed by atoms with Crippen LogP contribution in [-0.2, 0) is 11.2 Å². The van der Waals surface area contributed by atoms with Gasteiger partial charge in [-0.1, -0.05) is 12.1 Å². The number of ether oxygens (including phenoxy) is 3. The predicted octanol–water partition coefficient (Wildman–Crippen LogP) is 5.27. The molecule has 0 unspecified atom stereocenters. The molecule has 0 bridgehead atoms. The third kappa shape index (κ3) is 8.87. The van der Waals surface area contributed by atoms with E-state index in [1.54, 1.807) is 31.5 Å². The number of imide groups is 1. The summed E-state index contributed by atoms with van der Waals surface area (Å²) in [4.78, 5) is 31.3. The second-order valence-electron chi connectivity index (χ2n) is 10.5. The minimum atomic E-state index is -0.833. The molecule has 1 saturated heterocycles. The zero-order valence-electron chi connectivity index (χ0n) is 24.9. The molecule has 4 aromatic rings. The normalized spacial score (nSPS) is 13.3. The molecule has 5 rings (SSSR count). The number of halogens is 2. The van der Waals surface area contributed by atoms with E-state index < -0.39 is 23.6 Å². The molecule has 0 radical (unpaired) electrons. The number of nitrogens with zero attached hydrogens (tertiary/aromatic N) is 2. The smallest absolute Gasteiger partial charge is 0.325 e. The second-order valence-corrected chi connectivity index (χ2v) is 10.5. The average Bonchev–Trinajstić information content (AvgIpc) is 3.03. The highest BCUT2D eigenvalue weighted by molar-refractivity contribution is 6.01. The fourth-order valence-electron chi connectivity index (χ4n) is 4.94. The molecule has 3 N–H and O–H groups in total. The highest BCUT2D eigenvalue weighted by atomic mass is 19.1. The van der Waals surface area contributed by atoms with Crippen LogP contribution < -0.4 is 30.2 Å². The summed E-state index contributed by atoms with van der Waals surface area (Å²) in [5, 5.41) is 8.54. The van der Waals surface area contributed by atoms with E-state index in [4.69, 9.17) is 14.2 Å². The van der Waals surface area contributed by atoms with Crippen molar-refractivity contribution in [2.24, 2.45) is 0 Å². The van der Waals surface area contributed by atoms with Crippen molar-refractivity contribution in [2.45, 2.75) is 19.3 Å². The quantitative estimate of drug-likeness (QED) is 0.184. The number of fused-ring (bicyclic) bond motifs is 1. The SMILES string of the molecule is COc1cc2c(Oc3ccc(NC(=O)NC(=O)Cc4ccc(F)cc4)cc3F)ccnc2cc1OCCCCN1CCNCC1. The van der Waals surface area contributed by atoms with Crippen molar-refractivity contribution in [1.82, 2.24) is 20.5 Å². The molecule has 1 aliphatic heterocycles. The zero-order valence-corrected chi connectivity index (χ0v) is 24.9. The van der Waals surface area contributed by atoms with Crippen LogP contribution in [-0.4, -0.2) is 68.3 Å². The first-order valence-corrected chi connectivity index (χ1v) is 14.7. The van der Waals surface area contributed by atoms with Crippen LogP contribution in [0.25, 0.3) is 10.9 Å². The minimum absolute atomic E-state index is 0.0791. The third-order valence-electron chi connectivity index (χ3n) is 7.26. The third-order valence-corrected chi connectivity index (χ3v) is 7.26. The van der Waals surface area contributed by atoms with E-state index in [-0.39, 0.29) is 17.9 Å². The molecular weight excluding hydrogens is 584 g/mol. The first kappa shape index (κ1) is 31.6. The summed E-state index contributed by atoms with van der Waals surface area (Å²) in [6.07, 6.45) is 3.37. The van der Waals surface area contributed by atoms with E-state index in [1.807, 2.05) is 0 Å². The van der Waals surface area contributed by atoms with Crippen molar-refractivity contribution in [2.75, 3.05) is 51.8 Å². The van der Waals surface area contributed by atoms with Crippen LogP contribution in [0.4, 0.5) is 19.3 Å². The Morgan fingerprint density at radius 2 is 1.73 bits per heavy atom. The van der Waals surface area contributed by atoms with E-state index in [0.29, 0.717) is 40.3 Å². The molecule has 12 heteroatoms. The molecule has 1 aliphatic rings. The van der Waals surface area contributed by atoms with Crippen molar-refractivity contribution < 1.29 is 32.6 Å². The second kappa shape index (κ2) is 15.3. The largest absolute Gasteiger partial charge is 0.493 e. The average molecular weight is 620 g/mol. The number of amides is 3. The maximum atomic E-state index is 15.0. The molecule has 0 atom stereocenters. The Kier molecular flexibility index (Phi) is 10.7. The van der Waals surface area contributed by atoms with Gasteiger partial charge in [0.15, 0.2) is 23.1 Å². The molecule has 3 amide bonds. The van der Waals surface area contributed by atoms with Crippen molar-refractivity contribution in [3.63, 3.8) is 0 Å². The van der Waals surface area contributed by atoms with Crippen LogP contribution in [0.15, 0.2) is 66.9 Å². The lowest BCUT2D eigenvalue weighted by molar-refractivity contribution is -0.119. The number of nitrogens with one attached hydrogen (secondary N) is 3. The molecule has 0 spiro atoms. The van der Waals surface area contributed by atoms with Crippen LogP contribution in [0, 0.1) is 11.6 Å². The van der Waals surface area contributed by atoms with Gasteiger partial charge in [0.2, 0.25) is 5.91 Å². The number of benzene rings is 3. The van der Waals surface area contributed by atoms with Gasteiger partial charge in [-0.2, -0.15) is 0 Å². The highest BCUT2D eigenvalue weighted by Gasteiger charge is 2.16. The summed E-state index contributed by atoms with van der Waals surface area (Å²) in [6, 6.07) is 13.5. The van der Waals surface area contributed by atoms with Crippen molar-refractivity contribution in [3.05, 3.63) is 84.1 Å². The number of methoxy groups -OCH3 is 1. The van der Waals surface area contributed by atoms with Gasteiger partial charge in [-0.25, -0.2) is 13.6 Å². The number of piperazine rings is 1. The Bertz CT molecular complexity index is 1630. The predicted molar refractivity (Wildman–Crippen MR) is 166 cm³/mol. The van der Waals surface area contributed by atoms with Gasteiger partial charge in [0.05, 0.1) is 25.7 Å². The fourth-order valence-corrected chi connectivity index (χ4v) is 4.94. The number of pyridine rings is 1. The fraction of sp³-hybridized carbons (Fsp3) is 0.303. The van der Waals surface area contributed by atoms with Crippen LogP contribution >= 0.6 is 0 Å². The highest BCUT2D eigenvalue weighted by Crippen LogP contribution is 2.38. The monoisotopic (exact) mass is 619 g/mol. The van der Waals surface area contributed by atoms with E-state index >= 15 is 4.39 Å². The van der Waals surface area contributed by atoms with E-state index in [1.165, 1.54) is 36.4 Å². The molecule has 3 aromatic carbocycles. The van der Waals surface area contributed by atoms with Gasteiger partial charge in [-0.15, -0.1) is 0 Å². The molecule has 2 heterocycles. The lowest BCUT2D eigenvalue weighted by atomic mass is 10.1. The van der Waals surface area contributed by atoms with Gasteiger partial charge >= 0.3 is 6.03 Å². The summed E-state index contributed by atoms with van der Waals surface area (Å²) in [6.45, 7) is 5.78. The van der Waals surface area contributed by atoms with Crippen LogP contribution in [0.3, 0.4) is 0 Å². The number of carbonyl (C=O) groups is 2. The van der Waals surface area contributed by atoms with Crippen LogP contribution in [0.5, 0.6) is 23.0 Å². The summed E-state index contributed by atoms with van der Waals surface area (Å²) in [5.41, 5.74) is 1.24. The molecule has 1 fully saturated rings. The molecule has 10 nitrogen and oxygen atoms in total. The van der Waals surface area contributed by atoms with Crippen LogP contribution in [0.2, 0.25) is 0 Å². The molecule has 1 aromatic heterocycles. The van der Waals surface area contributed by atoms with E-state index in [0.717, 1.165) is 51.6 Å². The van der Waals surface area contributed by atoms with Crippen molar-refractivity contribution >= 4 is 28.5 Å². The summed E-state index contributed by atoms with van der Waals surface area (Å²) < 4.78 is 45.6. The summed E-state index contributed by atoms with van der Waals surface area (Å²) in [5.74, 6) is -0.420. The Labute approximate surface area is 259 Å². The Morgan fingerprint density at radius 1 is 0.933 bits per heavy atom. The van der Waals surface area contributed by atoms with E-state index in [2.05, 4.69) is 25.8 Å². The molecule has 0 aliphatic carbocycles. The number of aromatic nitrogens is 1. The lowest BCUT2D eigenvalue weighted by Crippen LogP contribution is -2.43. The molecule has 0 saturated carbocycles. The topological polar surface area (TPSA) is 114 Å². The van der Waals surface area contributed by atoms with E-state index in [9.17, 15) is 14.0 Å². The minimum Gasteiger partial charge on any atom is -0.493 e. The van der Waals surface area contributed by atoms with Gasteiger partial charge in [-0.3, -0.25) is 15.1 Å². The number of carbonyl (C=O) groups excluding carboxylic acids is 2. The molecular formula is C33H35F2N5O5. The van der Waals surface area contributed by atoms with Gasteiger partial charge in [-0.05, 0) is 61.3 Å². The standard InChI is InChI=1S/C33H35F2N5O5/c1-43-30-20-25-27(21-31(30)44-17-3-2-14-40-15-12-36-13-16-40)37-11-10-28(25)45-29-9-8-24(19-26(29)35)38-33(42)39-32(41)18-22-4-6-23(34)7-5-22/h4-11,19-21,36H,2-3,12-18H2,1H3,(H2,38,39,41,42). The first-order chi connectivity index (χ1) is 21.9. The maximum absolute atomic E-state index is 15.0. The van der Waals surface area contributed by atoms with Gasteiger partial charge < -0.3 is 29.7 Å². The number of rotatable bonds is 12. The Morgan fingerprint density at radius 3 is 2.49 bits per heavy atom. The summed E-state index contributed by atoms with van der Waals surface area (Å²) in [7, 11) is 1.55. The zero-order chi connectivity index (χ0) is 31.6. The Hall–Kier alpha value is -4.81. The maximum Gasteiger partial charge on any atom is 0.325 e. The van der Waals surface area contributed by atoms with Crippen LogP contribution in [0.1, 0.15) is 18.4 Å². The van der Waals surface area contributed by atoms with Gasteiger partial charge in [0.25, 0.3) is 0 Å². The number of anilines is 1. The molecule has 236 valence electrons. The number of hydrogen-bond donors (Lipinski definition) is 3. The molecule has 45 heavy (non-hydrogen) atoms. The summed E-state index contributed by atoms with van der Waals surface area (Å²) >= 11 is 0. The number of unbranched alkanes of at least 4 members (excludes halogenated alkanes) is 1. The number of urea groups is 1. The van der Waals surface area contributed by atoms with Gasteiger partial charge in [0.1, 0.15) is 11.6 Å². The van der Waals surface area contributed by atoms with Crippen molar-refractivity contribution in [1.29, 1.82) is 0 Å². The number of hydrogen-bond acceptors (Lipinski definition) is 8. The first-order valence-electron chi connectivity index (χ1n) is 14.7. The lowest BCUT2D eigenvalue weighted by Gasteiger charge is -2.27. The Balaban J connectivity index is 1.18. The van der Waals surface area contributed by atoms with Crippen molar-refractivity contribution in [3.8, 4) is 23.0 Å². The van der Waals surface area contributed by atoms with Gasteiger partial charge in [0, 0.05) is 55.6 Å².